The lowest BCUT2D eigenvalue weighted by atomic mass is 10.2. The average Bonchev–Trinajstić information content (AvgIpc) is 3.43. The van der Waals surface area contributed by atoms with Gasteiger partial charge in [-0.2, -0.15) is 9.61 Å². The van der Waals surface area contributed by atoms with Crippen molar-refractivity contribution in [3.05, 3.63) is 96.3 Å². The third kappa shape index (κ3) is 4.24. The van der Waals surface area contributed by atoms with E-state index in [4.69, 9.17) is 0 Å². The molecule has 3 aromatic carbocycles. The van der Waals surface area contributed by atoms with E-state index in [1.807, 2.05) is 61.5 Å². The number of nitrogens with zero attached hydrogens (tertiary/aromatic N) is 5. The Labute approximate surface area is 196 Å². The summed E-state index contributed by atoms with van der Waals surface area (Å²) in [5.41, 5.74) is 2.67. The fraction of sp³-hybridized carbons (Fsp3) is 0.125. The van der Waals surface area contributed by atoms with Crippen molar-refractivity contribution in [3.8, 4) is 10.6 Å². The molecule has 0 aliphatic carbocycles. The van der Waals surface area contributed by atoms with Crippen molar-refractivity contribution < 1.29 is 8.42 Å². The maximum Gasteiger partial charge on any atom is 0.264 e. The predicted molar refractivity (Wildman–Crippen MR) is 130 cm³/mol. The number of fused-ring (bicyclic) bond motifs is 1. The molecule has 5 aromatic rings. The van der Waals surface area contributed by atoms with E-state index >= 15 is 0 Å². The van der Waals surface area contributed by atoms with E-state index in [-0.39, 0.29) is 11.4 Å². The first-order valence-corrected chi connectivity index (χ1v) is 12.7. The van der Waals surface area contributed by atoms with Crippen molar-refractivity contribution >= 4 is 32.0 Å². The van der Waals surface area contributed by atoms with E-state index in [1.54, 1.807) is 34.8 Å². The van der Waals surface area contributed by atoms with E-state index < -0.39 is 10.0 Å². The highest BCUT2D eigenvalue weighted by molar-refractivity contribution is 7.92. The molecule has 33 heavy (non-hydrogen) atoms. The fourth-order valence-electron chi connectivity index (χ4n) is 3.53. The lowest BCUT2D eigenvalue weighted by Gasteiger charge is -2.24. The minimum atomic E-state index is -3.75. The van der Waals surface area contributed by atoms with Crippen molar-refractivity contribution in [2.24, 2.45) is 0 Å². The molecule has 0 bridgehead atoms. The van der Waals surface area contributed by atoms with Crippen LogP contribution in [0.25, 0.3) is 15.5 Å². The first kappa shape index (κ1) is 21.3. The molecule has 9 heteroatoms. The van der Waals surface area contributed by atoms with Crippen LogP contribution in [0.3, 0.4) is 0 Å². The highest BCUT2D eigenvalue weighted by atomic mass is 32.2. The molecular formula is C24H21N5O2S2. The van der Waals surface area contributed by atoms with Crippen LogP contribution in [-0.4, -0.2) is 34.8 Å². The molecular weight excluding hydrogens is 454 g/mol. The summed E-state index contributed by atoms with van der Waals surface area (Å²) in [5.74, 6) is 0.615. The molecule has 5 rings (SSSR count). The van der Waals surface area contributed by atoms with Gasteiger partial charge in [-0.3, -0.25) is 4.31 Å². The van der Waals surface area contributed by atoms with Crippen LogP contribution < -0.4 is 4.31 Å². The molecule has 0 aliphatic heterocycles. The highest BCUT2D eigenvalue weighted by Gasteiger charge is 2.25. The number of benzene rings is 3. The van der Waals surface area contributed by atoms with Gasteiger partial charge in [0.15, 0.2) is 5.82 Å². The van der Waals surface area contributed by atoms with Crippen LogP contribution in [-0.2, 0) is 16.4 Å². The molecule has 0 unspecified atom stereocenters. The first-order chi connectivity index (χ1) is 16.0. The summed E-state index contributed by atoms with van der Waals surface area (Å²) in [7, 11) is -3.75. The number of hydrogen-bond acceptors (Lipinski definition) is 6. The van der Waals surface area contributed by atoms with Crippen LogP contribution in [0.2, 0.25) is 0 Å². The number of anilines is 1. The largest absolute Gasteiger partial charge is 0.266 e. The Hall–Kier alpha value is -3.56. The number of sulfonamides is 1. The minimum Gasteiger partial charge on any atom is -0.266 e. The lowest BCUT2D eigenvalue weighted by molar-refractivity contribution is 0.589. The SMILES string of the molecule is Cc1ccc(N(CCc2nnc3sc(-c4ccccc4)nn23)S(=O)(=O)c2ccccc2)cc1. The quantitative estimate of drug-likeness (QED) is 0.344. The van der Waals surface area contributed by atoms with Crippen LogP contribution in [0.4, 0.5) is 5.69 Å². The smallest absolute Gasteiger partial charge is 0.264 e. The van der Waals surface area contributed by atoms with Gasteiger partial charge in [0, 0.05) is 18.5 Å². The molecule has 0 saturated carbocycles. The summed E-state index contributed by atoms with van der Waals surface area (Å²) >= 11 is 1.45. The summed E-state index contributed by atoms with van der Waals surface area (Å²) in [6.45, 7) is 2.18. The molecule has 7 nitrogen and oxygen atoms in total. The molecule has 0 saturated heterocycles. The summed E-state index contributed by atoms with van der Waals surface area (Å²) in [6.07, 6.45) is 0.360. The van der Waals surface area contributed by atoms with Gasteiger partial charge in [0.05, 0.1) is 10.6 Å². The summed E-state index contributed by atoms with van der Waals surface area (Å²) in [6, 6.07) is 25.8. The van der Waals surface area contributed by atoms with Crippen LogP contribution in [0.15, 0.2) is 89.8 Å². The van der Waals surface area contributed by atoms with Crippen molar-refractivity contribution in [3.63, 3.8) is 0 Å². The average molecular weight is 476 g/mol. The monoisotopic (exact) mass is 475 g/mol. The standard InChI is InChI=1S/C24H21N5O2S2/c1-18-12-14-20(15-13-18)28(33(30,31)21-10-6-3-7-11-21)17-16-22-25-26-24-29(22)27-23(32-24)19-8-4-2-5-9-19/h2-15H,16-17H2,1H3. The lowest BCUT2D eigenvalue weighted by Crippen LogP contribution is -2.33. The molecule has 0 aliphatic rings. The fourth-order valence-corrected chi connectivity index (χ4v) is 5.88. The van der Waals surface area contributed by atoms with E-state index in [0.29, 0.717) is 22.9 Å². The van der Waals surface area contributed by atoms with E-state index in [0.717, 1.165) is 16.1 Å². The second kappa shape index (κ2) is 8.76. The maximum atomic E-state index is 13.5. The molecule has 0 spiro atoms. The van der Waals surface area contributed by atoms with Gasteiger partial charge in [-0.1, -0.05) is 77.6 Å². The van der Waals surface area contributed by atoms with Gasteiger partial charge in [-0.25, -0.2) is 8.42 Å². The maximum absolute atomic E-state index is 13.5. The van der Waals surface area contributed by atoms with Gasteiger partial charge < -0.3 is 0 Å². The Balaban J connectivity index is 1.47. The summed E-state index contributed by atoms with van der Waals surface area (Å²) < 4.78 is 30.1. The molecule has 2 aromatic heterocycles. The van der Waals surface area contributed by atoms with E-state index in [9.17, 15) is 8.42 Å². The highest BCUT2D eigenvalue weighted by Crippen LogP contribution is 2.27. The Morgan fingerprint density at radius 1 is 0.879 bits per heavy atom. The third-order valence-electron chi connectivity index (χ3n) is 5.27. The zero-order chi connectivity index (χ0) is 22.8. The van der Waals surface area contributed by atoms with Gasteiger partial charge in [0.1, 0.15) is 5.01 Å². The molecule has 166 valence electrons. The van der Waals surface area contributed by atoms with Crippen LogP contribution in [0, 0.1) is 6.92 Å². The van der Waals surface area contributed by atoms with Crippen molar-refractivity contribution in [2.45, 2.75) is 18.2 Å². The van der Waals surface area contributed by atoms with Crippen molar-refractivity contribution in [2.75, 3.05) is 10.8 Å². The second-order valence-electron chi connectivity index (χ2n) is 7.56. The Bertz CT molecular complexity index is 1480. The van der Waals surface area contributed by atoms with Crippen LogP contribution in [0.5, 0.6) is 0 Å². The van der Waals surface area contributed by atoms with Gasteiger partial charge in [-0.15, -0.1) is 10.2 Å². The van der Waals surface area contributed by atoms with Crippen molar-refractivity contribution in [1.29, 1.82) is 0 Å². The minimum absolute atomic E-state index is 0.208. The molecule has 0 atom stereocenters. The van der Waals surface area contributed by atoms with Crippen molar-refractivity contribution in [1.82, 2.24) is 19.8 Å². The summed E-state index contributed by atoms with van der Waals surface area (Å²) in [4.78, 5) is 0.925. The number of hydrogen-bond donors (Lipinski definition) is 0. The van der Waals surface area contributed by atoms with Crippen LogP contribution in [0.1, 0.15) is 11.4 Å². The topological polar surface area (TPSA) is 80.5 Å². The molecule has 0 N–H and O–H groups in total. The van der Waals surface area contributed by atoms with E-state index in [1.165, 1.54) is 15.6 Å². The Morgan fingerprint density at radius 2 is 1.55 bits per heavy atom. The zero-order valence-corrected chi connectivity index (χ0v) is 19.5. The number of rotatable bonds is 7. The predicted octanol–water partition coefficient (Wildman–Crippen LogP) is 4.60. The molecule has 0 radical (unpaired) electrons. The number of aryl methyl sites for hydroxylation is 1. The second-order valence-corrected chi connectivity index (χ2v) is 10.4. The molecule has 2 heterocycles. The molecule has 0 fully saturated rings. The summed E-state index contributed by atoms with van der Waals surface area (Å²) in [5, 5.41) is 14.0. The Morgan fingerprint density at radius 3 is 2.24 bits per heavy atom. The van der Waals surface area contributed by atoms with E-state index in [2.05, 4.69) is 15.3 Å². The van der Waals surface area contributed by atoms with Crippen LogP contribution >= 0.6 is 11.3 Å². The first-order valence-electron chi connectivity index (χ1n) is 10.4. The van der Waals surface area contributed by atoms with Gasteiger partial charge in [-0.05, 0) is 31.2 Å². The molecule has 0 amide bonds. The van der Waals surface area contributed by atoms with Gasteiger partial charge >= 0.3 is 0 Å². The van der Waals surface area contributed by atoms with Gasteiger partial charge in [0.25, 0.3) is 10.0 Å². The normalized spacial score (nSPS) is 11.7. The van der Waals surface area contributed by atoms with Gasteiger partial charge in [0.2, 0.25) is 4.96 Å². The Kier molecular flexibility index (Phi) is 5.65. The zero-order valence-electron chi connectivity index (χ0n) is 17.9. The third-order valence-corrected chi connectivity index (χ3v) is 8.06. The number of aromatic nitrogens is 4.